The number of hydrogen-bond donors (Lipinski definition) is 1. The number of halogens is 1. The quantitative estimate of drug-likeness (QED) is 0.584. The lowest BCUT2D eigenvalue weighted by Crippen LogP contribution is -2.54. The van der Waals surface area contributed by atoms with E-state index in [4.69, 9.17) is 4.74 Å². The summed E-state index contributed by atoms with van der Waals surface area (Å²) in [6.45, 7) is 0.414. The van der Waals surface area contributed by atoms with Crippen molar-refractivity contribution >= 4 is 12.1 Å². The molecule has 1 N–H and O–H groups in total. The summed E-state index contributed by atoms with van der Waals surface area (Å²) in [5.74, 6) is -1.64. The van der Waals surface area contributed by atoms with E-state index in [0.717, 1.165) is 22.3 Å². The molecule has 1 aliphatic heterocycles. The molecule has 5 nitrogen and oxygen atoms in total. The topological polar surface area (TPSA) is 66.8 Å². The SMILES string of the molecule is O=C(OCC1c2ccccc2-c2ccccc21)N1CCC[C@@]1(Cc1cccc(F)c1)C(=O)O. The molecule has 3 aromatic rings. The summed E-state index contributed by atoms with van der Waals surface area (Å²) in [4.78, 5) is 26.9. The molecule has 0 bridgehead atoms. The first kappa shape index (κ1) is 21.2. The number of likely N-dealkylation sites (tertiary alicyclic amines) is 1. The Morgan fingerprint density at radius 2 is 1.67 bits per heavy atom. The largest absolute Gasteiger partial charge is 0.479 e. The Kier molecular flexibility index (Phi) is 5.36. The van der Waals surface area contributed by atoms with Gasteiger partial charge in [0.2, 0.25) is 0 Å². The van der Waals surface area contributed by atoms with E-state index in [1.807, 2.05) is 36.4 Å². The van der Waals surface area contributed by atoms with Gasteiger partial charge < -0.3 is 9.84 Å². The van der Waals surface area contributed by atoms with Crippen LogP contribution in [0.3, 0.4) is 0 Å². The molecule has 2 aliphatic rings. The number of carboxylic acids is 1. The molecule has 0 spiro atoms. The number of ether oxygens (including phenoxy) is 1. The van der Waals surface area contributed by atoms with Gasteiger partial charge in [0, 0.05) is 18.9 Å². The predicted molar refractivity (Wildman–Crippen MR) is 121 cm³/mol. The van der Waals surface area contributed by atoms with Gasteiger partial charge >= 0.3 is 12.1 Å². The zero-order chi connectivity index (χ0) is 23.0. The van der Waals surface area contributed by atoms with Crippen LogP contribution in [0.1, 0.15) is 35.4 Å². The molecular formula is C27H24FNO4. The number of aliphatic carboxylic acids is 1. The lowest BCUT2D eigenvalue weighted by molar-refractivity contribution is -0.148. The number of hydrogen-bond acceptors (Lipinski definition) is 3. The van der Waals surface area contributed by atoms with Crippen molar-refractivity contribution in [2.75, 3.05) is 13.2 Å². The number of benzene rings is 3. The summed E-state index contributed by atoms with van der Waals surface area (Å²) < 4.78 is 19.4. The van der Waals surface area contributed by atoms with Gasteiger partial charge in [0.05, 0.1) is 0 Å². The van der Waals surface area contributed by atoms with Gasteiger partial charge in [-0.2, -0.15) is 0 Å². The molecule has 0 saturated carbocycles. The van der Waals surface area contributed by atoms with Gasteiger partial charge in [-0.1, -0.05) is 60.7 Å². The van der Waals surface area contributed by atoms with E-state index >= 15 is 0 Å². The first-order chi connectivity index (χ1) is 16.0. The monoisotopic (exact) mass is 445 g/mol. The Morgan fingerprint density at radius 1 is 1.00 bits per heavy atom. The minimum atomic E-state index is -1.45. The van der Waals surface area contributed by atoms with Gasteiger partial charge in [0.15, 0.2) is 0 Å². The molecule has 5 rings (SSSR count). The Labute approximate surface area is 191 Å². The van der Waals surface area contributed by atoms with Crippen LogP contribution in [0.2, 0.25) is 0 Å². The van der Waals surface area contributed by atoms with Gasteiger partial charge in [0.1, 0.15) is 18.0 Å². The number of fused-ring (bicyclic) bond motifs is 3. The molecule has 0 aromatic heterocycles. The predicted octanol–water partition coefficient (Wildman–Crippen LogP) is 5.24. The normalized spacial score (nSPS) is 19.2. The van der Waals surface area contributed by atoms with E-state index in [2.05, 4.69) is 12.1 Å². The maximum absolute atomic E-state index is 13.7. The fourth-order valence-corrected chi connectivity index (χ4v) is 5.28. The summed E-state index contributed by atoms with van der Waals surface area (Å²) in [6.07, 6.45) is 0.229. The summed E-state index contributed by atoms with van der Waals surface area (Å²) in [7, 11) is 0. The molecule has 1 aliphatic carbocycles. The van der Waals surface area contributed by atoms with Crippen LogP contribution in [0, 0.1) is 5.82 Å². The fraction of sp³-hybridized carbons (Fsp3) is 0.259. The van der Waals surface area contributed by atoms with Gasteiger partial charge in [-0.25, -0.2) is 14.0 Å². The van der Waals surface area contributed by atoms with Crippen LogP contribution < -0.4 is 0 Å². The minimum absolute atomic E-state index is 0.0320. The second kappa shape index (κ2) is 8.35. The highest BCUT2D eigenvalue weighted by atomic mass is 19.1. The first-order valence-electron chi connectivity index (χ1n) is 11.1. The Balaban J connectivity index is 1.38. The van der Waals surface area contributed by atoms with Gasteiger partial charge in [-0.05, 0) is 52.8 Å². The standard InChI is InChI=1S/C27H24FNO4/c28-19-8-5-7-18(15-19)16-27(25(30)31)13-6-14-29(27)26(32)33-17-24-22-11-3-1-9-20(22)21-10-2-4-12-23(21)24/h1-5,7-12,15,24H,6,13-14,16-17H2,(H,30,31)/t27-/m1/s1. The molecule has 168 valence electrons. The maximum atomic E-state index is 13.7. The average Bonchev–Trinajstić information content (AvgIpc) is 3.38. The second-order valence-corrected chi connectivity index (χ2v) is 8.70. The lowest BCUT2D eigenvalue weighted by Gasteiger charge is -2.34. The highest BCUT2D eigenvalue weighted by Gasteiger charge is 2.51. The molecule has 1 heterocycles. The third-order valence-electron chi connectivity index (χ3n) is 6.83. The van der Waals surface area contributed by atoms with Crippen LogP contribution in [0.25, 0.3) is 11.1 Å². The van der Waals surface area contributed by atoms with Gasteiger partial charge in [-0.3, -0.25) is 4.90 Å². The lowest BCUT2D eigenvalue weighted by atomic mass is 9.88. The molecule has 33 heavy (non-hydrogen) atoms. The van der Waals surface area contributed by atoms with E-state index < -0.39 is 23.4 Å². The van der Waals surface area contributed by atoms with Crippen molar-refractivity contribution in [1.29, 1.82) is 0 Å². The molecule has 3 aromatic carbocycles. The van der Waals surface area contributed by atoms with Crippen LogP contribution >= 0.6 is 0 Å². The zero-order valence-corrected chi connectivity index (χ0v) is 18.0. The molecule has 1 amide bonds. The number of amides is 1. The smallest absolute Gasteiger partial charge is 0.410 e. The molecule has 1 fully saturated rings. The molecule has 0 unspecified atom stereocenters. The van der Waals surface area contributed by atoms with Crippen LogP contribution in [-0.4, -0.2) is 40.8 Å². The Morgan fingerprint density at radius 3 is 2.30 bits per heavy atom. The Hall–Kier alpha value is -3.67. The average molecular weight is 445 g/mol. The summed E-state index contributed by atoms with van der Waals surface area (Å²) >= 11 is 0. The van der Waals surface area contributed by atoms with Crippen molar-refractivity contribution in [3.05, 3.63) is 95.3 Å². The Bertz CT molecular complexity index is 1180. The fourth-order valence-electron chi connectivity index (χ4n) is 5.28. The highest BCUT2D eigenvalue weighted by molar-refractivity contribution is 5.86. The van der Waals surface area contributed by atoms with Gasteiger partial charge in [0.25, 0.3) is 0 Å². The first-order valence-corrected chi connectivity index (χ1v) is 11.1. The van der Waals surface area contributed by atoms with Gasteiger partial charge in [-0.15, -0.1) is 0 Å². The molecule has 6 heteroatoms. The highest BCUT2D eigenvalue weighted by Crippen LogP contribution is 2.44. The van der Waals surface area contributed by atoms with E-state index in [1.54, 1.807) is 12.1 Å². The van der Waals surface area contributed by atoms with Crippen molar-refractivity contribution in [2.45, 2.75) is 30.7 Å². The van der Waals surface area contributed by atoms with Crippen molar-refractivity contribution < 1.29 is 23.8 Å². The number of rotatable bonds is 5. The minimum Gasteiger partial charge on any atom is -0.479 e. The molecule has 1 saturated heterocycles. The van der Waals surface area contributed by atoms with Crippen molar-refractivity contribution in [3.63, 3.8) is 0 Å². The number of carboxylic acid groups (broad SMARTS) is 1. The van der Waals surface area contributed by atoms with Crippen LogP contribution in [0.4, 0.5) is 9.18 Å². The van der Waals surface area contributed by atoms with Crippen molar-refractivity contribution in [1.82, 2.24) is 4.90 Å². The third-order valence-corrected chi connectivity index (χ3v) is 6.83. The van der Waals surface area contributed by atoms with E-state index in [9.17, 15) is 19.1 Å². The number of nitrogens with zero attached hydrogens (tertiary/aromatic N) is 1. The van der Waals surface area contributed by atoms with E-state index in [-0.39, 0.29) is 25.5 Å². The number of carbonyl (C=O) groups is 2. The van der Waals surface area contributed by atoms with Crippen molar-refractivity contribution in [3.8, 4) is 11.1 Å². The summed E-state index contributed by atoms with van der Waals surface area (Å²) in [6, 6.07) is 22.0. The van der Waals surface area contributed by atoms with Crippen molar-refractivity contribution in [2.24, 2.45) is 0 Å². The summed E-state index contributed by atoms with van der Waals surface area (Å²) in [5.41, 5.74) is 3.53. The number of carbonyl (C=O) groups excluding carboxylic acids is 1. The molecule has 1 atom stereocenters. The maximum Gasteiger partial charge on any atom is 0.410 e. The molecular weight excluding hydrogens is 421 g/mol. The third kappa shape index (κ3) is 3.65. The zero-order valence-electron chi connectivity index (χ0n) is 18.0. The van der Waals surface area contributed by atoms with Crippen LogP contribution in [-0.2, 0) is 16.0 Å². The van der Waals surface area contributed by atoms with Crippen LogP contribution in [0.5, 0.6) is 0 Å². The van der Waals surface area contributed by atoms with E-state index in [0.29, 0.717) is 18.4 Å². The second-order valence-electron chi connectivity index (χ2n) is 8.70. The molecule has 0 radical (unpaired) electrons. The summed E-state index contributed by atoms with van der Waals surface area (Å²) in [5, 5.41) is 10.1. The van der Waals surface area contributed by atoms with E-state index in [1.165, 1.54) is 17.0 Å². The van der Waals surface area contributed by atoms with Crippen LogP contribution in [0.15, 0.2) is 72.8 Å².